The van der Waals surface area contributed by atoms with Crippen LogP contribution in [-0.4, -0.2) is 14.2 Å². The zero-order valence-corrected chi connectivity index (χ0v) is 17.7. The summed E-state index contributed by atoms with van der Waals surface area (Å²) in [7, 11) is -3.54. The van der Waals surface area contributed by atoms with Crippen LogP contribution < -0.4 is 10.5 Å². The number of rotatable bonds is 8. The molecule has 0 radical (unpaired) electrons. The summed E-state index contributed by atoms with van der Waals surface area (Å²) in [5, 5.41) is 0. The molecule has 0 saturated heterocycles. The number of sulfonamides is 1. The van der Waals surface area contributed by atoms with Gasteiger partial charge in [0.15, 0.2) is 0 Å². The molecule has 2 atom stereocenters. The third kappa shape index (κ3) is 5.54. The van der Waals surface area contributed by atoms with Crippen molar-refractivity contribution in [2.75, 3.05) is 5.75 Å². The Morgan fingerprint density at radius 2 is 1.31 bits per heavy atom. The topological polar surface area (TPSA) is 72.2 Å². The summed E-state index contributed by atoms with van der Waals surface area (Å²) in [6.07, 6.45) is 0.468. The minimum atomic E-state index is -3.54. The van der Waals surface area contributed by atoms with Crippen LogP contribution in [0.25, 0.3) is 0 Å². The maximum atomic E-state index is 13.0. The van der Waals surface area contributed by atoms with Crippen LogP contribution in [0.5, 0.6) is 0 Å². The fraction of sp³-hybridized carbons (Fsp3) is 0.250. The second-order valence-electron chi connectivity index (χ2n) is 7.38. The van der Waals surface area contributed by atoms with E-state index in [0.717, 1.165) is 27.8 Å². The SMILES string of the molecule is Cc1cccc(C)c1CCS(=O)(=O)NC(c1ccccc1)C(N)c1ccccc1. The Labute approximate surface area is 173 Å². The first-order valence-electron chi connectivity index (χ1n) is 9.78. The van der Waals surface area contributed by atoms with Crippen LogP contribution in [0.3, 0.4) is 0 Å². The predicted octanol–water partition coefficient (Wildman–Crippen LogP) is 4.21. The molecule has 0 aliphatic rings. The molecular formula is C24H28N2O2S. The Bertz CT molecular complexity index is 1010. The third-order valence-corrected chi connectivity index (χ3v) is 6.63. The highest BCUT2D eigenvalue weighted by molar-refractivity contribution is 7.89. The molecule has 3 rings (SSSR count). The van der Waals surface area contributed by atoms with Gasteiger partial charge in [0.2, 0.25) is 10.0 Å². The molecule has 5 heteroatoms. The van der Waals surface area contributed by atoms with E-state index >= 15 is 0 Å². The van der Waals surface area contributed by atoms with Crippen LogP contribution in [0.15, 0.2) is 78.9 Å². The van der Waals surface area contributed by atoms with Gasteiger partial charge in [0.25, 0.3) is 0 Å². The van der Waals surface area contributed by atoms with Gasteiger partial charge in [-0.1, -0.05) is 78.9 Å². The Morgan fingerprint density at radius 3 is 1.86 bits per heavy atom. The molecule has 0 spiro atoms. The van der Waals surface area contributed by atoms with E-state index in [1.54, 1.807) is 0 Å². The number of nitrogens with one attached hydrogen (secondary N) is 1. The van der Waals surface area contributed by atoms with Gasteiger partial charge in [-0.15, -0.1) is 0 Å². The van der Waals surface area contributed by atoms with Crippen LogP contribution in [0.4, 0.5) is 0 Å². The van der Waals surface area contributed by atoms with E-state index in [-0.39, 0.29) is 5.75 Å². The average molecular weight is 409 g/mol. The van der Waals surface area contributed by atoms with Crippen molar-refractivity contribution in [2.24, 2.45) is 5.73 Å². The van der Waals surface area contributed by atoms with E-state index in [1.165, 1.54) is 0 Å². The van der Waals surface area contributed by atoms with Crippen molar-refractivity contribution >= 4 is 10.0 Å². The second-order valence-corrected chi connectivity index (χ2v) is 9.26. The van der Waals surface area contributed by atoms with Gasteiger partial charge in [-0.2, -0.15) is 0 Å². The average Bonchev–Trinajstić information content (AvgIpc) is 2.72. The standard InChI is InChI=1S/C24H28N2O2S/c1-18-10-9-11-19(2)22(18)16-17-29(27,28)26-24(21-14-7-4-8-15-21)23(25)20-12-5-3-6-13-20/h3-15,23-24,26H,16-17,25H2,1-2H3. The van der Waals surface area contributed by atoms with Crippen molar-refractivity contribution in [3.8, 4) is 0 Å². The molecule has 0 amide bonds. The molecule has 0 aliphatic carbocycles. The van der Waals surface area contributed by atoms with Crippen molar-refractivity contribution in [2.45, 2.75) is 32.4 Å². The van der Waals surface area contributed by atoms with Gasteiger partial charge >= 0.3 is 0 Å². The van der Waals surface area contributed by atoms with Crippen LogP contribution >= 0.6 is 0 Å². The van der Waals surface area contributed by atoms with Gasteiger partial charge in [0.1, 0.15) is 0 Å². The summed E-state index contributed by atoms with van der Waals surface area (Å²) in [5.74, 6) is 0.0174. The Kier molecular flexibility index (Phi) is 6.85. The molecule has 0 aliphatic heterocycles. The molecule has 152 valence electrons. The second kappa shape index (κ2) is 9.35. The Morgan fingerprint density at radius 1 is 0.793 bits per heavy atom. The van der Waals surface area contributed by atoms with Crippen LogP contribution in [-0.2, 0) is 16.4 Å². The summed E-state index contributed by atoms with van der Waals surface area (Å²) in [6.45, 7) is 4.03. The lowest BCUT2D eigenvalue weighted by molar-refractivity contribution is 0.503. The van der Waals surface area contributed by atoms with E-state index in [2.05, 4.69) is 4.72 Å². The lowest BCUT2D eigenvalue weighted by Gasteiger charge is -2.26. The third-order valence-electron chi connectivity index (χ3n) is 5.27. The number of benzene rings is 3. The molecule has 0 fully saturated rings. The first-order chi connectivity index (χ1) is 13.9. The van der Waals surface area contributed by atoms with Crippen molar-refractivity contribution in [3.63, 3.8) is 0 Å². The van der Waals surface area contributed by atoms with E-state index in [1.807, 2.05) is 92.7 Å². The molecule has 4 nitrogen and oxygen atoms in total. The van der Waals surface area contributed by atoms with Gasteiger partial charge in [0.05, 0.1) is 17.8 Å². The number of hydrogen-bond acceptors (Lipinski definition) is 3. The van der Waals surface area contributed by atoms with Gasteiger partial charge in [-0.3, -0.25) is 0 Å². The minimum Gasteiger partial charge on any atom is -0.322 e. The molecule has 2 unspecified atom stereocenters. The van der Waals surface area contributed by atoms with Crippen molar-refractivity contribution in [1.82, 2.24) is 4.72 Å². The van der Waals surface area contributed by atoms with Gasteiger partial charge < -0.3 is 5.73 Å². The molecule has 3 aromatic carbocycles. The van der Waals surface area contributed by atoms with Crippen molar-refractivity contribution in [1.29, 1.82) is 0 Å². The molecule has 0 saturated carbocycles. The summed E-state index contributed by atoms with van der Waals surface area (Å²) >= 11 is 0. The molecule has 3 N–H and O–H groups in total. The number of hydrogen-bond donors (Lipinski definition) is 2. The first-order valence-corrected chi connectivity index (χ1v) is 11.4. The van der Waals surface area contributed by atoms with Crippen LogP contribution in [0.1, 0.15) is 39.9 Å². The first kappa shape index (κ1) is 21.2. The molecule has 0 heterocycles. The Balaban J connectivity index is 1.83. The summed E-state index contributed by atoms with van der Waals surface area (Å²) in [6, 6.07) is 24.1. The zero-order chi connectivity index (χ0) is 20.9. The molecule has 3 aromatic rings. The number of aryl methyl sites for hydroxylation is 2. The minimum absolute atomic E-state index is 0.0174. The van der Waals surface area contributed by atoms with Gasteiger partial charge in [-0.25, -0.2) is 13.1 Å². The highest BCUT2D eigenvalue weighted by atomic mass is 32.2. The van der Waals surface area contributed by atoms with E-state index in [4.69, 9.17) is 5.73 Å². The van der Waals surface area contributed by atoms with Crippen molar-refractivity contribution in [3.05, 3.63) is 107 Å². The summed E-state index contributed by atoms with van der Waals surface area (Å²) < 4.78 is 28.8. The largest absolute Gasteiger partial charge is 0.322 e. The predicted molar refractivity (Wildman–Crippen MR) is 119 cm³/mol. The van der Waals surface area contributed by atoms with Gasteiger partial charge in [-0.05, 0) is 48.1 Å². The fourth-order valence-corrected chi connectivity index (χ4v) is 4.87. The van der Waals surface area contributed by atoms with E-state index in [9.17, 15) is 8.42 Å². The van der Waals surface area contributed by atoms with E-state index in [0.29, 0.717) is 6.42 Å². The quantitative estimate of drug-likeness (QED) is 0.586. The summed E-state index contributed by atoms with van der Waals surface area (Å²) in [4.78, 5) is 0. The maximum absolute atomic E-state index is 13.0. The van der Waals surface area contributed by atoms with Crippen LogP contribution in [0.2, 0.25) is 0 Å². The fourth-order valence-electron chi connectivity index (χ4n) is 3.61. The van der Waals surface area contributed by atoms with Gasteiger partial charge in [0, 0.05) is 0 Å². The highest BCUT2D eigenvalue weighted by Crippen LogP contribution is 2.27. The maximum Gasteiger partial charge on any atom is 0.212 e. The van der Waals surface area contributed by atoms with Crippen LogP contribution in [0, 0.1) is 13.8 Å². The monoisotopic (exact) mass is 408 g/mol. The van der Waals surface area contributed by atoms with E-state index < -0.39 is 22.1 Å². The molecule has 29 heavy (non-hydrogen) atoms. The molecule has 0 aromatic heterocycles. The highest BCUT2D eigenvalue weighted by Gasteiger charge is 2.26. The van der Waals surface area contributed by atoms with Crippen molar-refractivity contribution < 1.29 is 8.42 Å². The number of nitrogens with two attached hydrogens (primary N) is 1. The lowest BCUT2D eigenvalue weighted by Crippen LogP contribution is -2.37. The molecule has 0 bridgehead atoms. The zero-order valence-electron chi connectivity index (χ0n) is 16.9. The molecular weight excluding hydrogens is 380 g/mol. The lowest BCUT2D eigenvalue weighted by atomic mass is 9.95. The Hall–Kier alpha value is -2.47. The summed E-state index contributed by atoms with van der Waals surface area (Å²) in [5.41, 5.74) is 11.5. The smallest absolute Gasteiger partial charge is 0.212 e. The normalized spacial score (nSPS) is 13.8.